The van der Waals surface area contributed by atoms with Crippen molar-refractivity contribution in [3.8, 4) is 0 Å². The fourth-order valence-electron chi connectivity index (χ4n) is 3.76. The molecule has 25 heavy (non-hydrogen) atoms. The summed E-state index contributed by atoms with van der Waals surface area (Å²) in [6.07, 6.45) is 0.306. The Hall–Kier alpha value is -2.54. The van der Waals surface area contributed by atoms with E-state index in [9.17, 15) is 19.2 Å². The molecule has 130 valence electrons. The van der Waals surface area contributed by atoms with E-state index < -0.39 is 23.8 Å². The van der Waals surface area contributed by atoms with Gasteiger partial charge in [0.2, 0.25) is 11.8 Å². The molecule has 0 aromatic heterocycles. The average molecular weight is 341 g/mol. The molecule has 3 aliphatic heterocycles. The molecule has 4 rings (SSSR count). The van der Waals surface area contributed by atoms with Crippen LogP contribution in [0.25, 0.3) is 0 Å². The van der Waals surface area contributed by atoms with Gasteiger partial charge in [0.15, 0.2) is 0 Å². The monoisotopic (exact) mass is 341 g/mol. The Bertz CT molecular complexity index is 785. The van der Waals surface area contributed by atoms with Crippen LogP contribution in [0.5, 0.6) is 0 Å². The van der Waals surface area contributed by atoms with Gasteiger partial charge in [0.05, 0.1) is 11.1 Å². The Kier molecular flexibility index (Phi) is 3.50. The standard InChI is InChI=1S/C18H19N3O4/c1-9(2)20-7-10-5-12-13(6-11(10)8-20)18(25)21(17(12)24)14-3-4-15(22)19-16(14)23/h5-6,9,14H,3-4,7-8H2,1-2H3,(H,19,22,23)/t14-/m1/s1. The first-order valence-electron chi connectivity index (χ1n) is 8.48. The number of hydrogen-bond donors (Lipinski definition) is 1. The highest BCUT2D eigenvalue weighted by Crippen LogP contribution is 2.33. The van der Waals surface area contributed by atoms with Crippen molar-refractivity contribution in [2.75, 3.05) is 0 Å². The van der Waals surface area contributed by atoms with Gasteiger partial charge in [-0.25, -0.2) is 0 Å². The molecule has 0 unspecified atom stereocenters. The van der Waals surface area contributed by atoms with Crippen LogP contribution in [0.2, 0.25) is 0 Å². The maximum absolute atomic E-state index is 12.8. The maximum atomic E-state index is 12.8. The fourth-order valence-corrected chi connectivity index (χ4v) is 3.76. The number of nitrogens with one attached hydrogen (secondary N) is 1. The van der Waals surface area contributed by atoms with E-state index in [1.54, 1.807) is 12.1 Å². The quantitative estimate of drug-likeness (QED) is 0.805. The van der Waals surface area contributed by atoms with Crippen molar-refractivity contribution in [3.63, 3.8) is 0 Å². The Morgan fingerprint density at radius 3 is 2.04 bits per heavy atom. The van der Waals surface area contributed by atoms with Gasteiger partial charge in [0.25, 0.3) is 11.8 Å². The highest BCUT2D eigenvalue weighted by atomic mass is 16.2. The number of carbonyl (C=O) groups excluding carboxylic acids is 4. The SMILES string of the molecule is CC(C)N1Cc2cc3c(cc2C1)C(=O)N([C@@H]1CCC(=O)NC1=O)C3=O. The first-order valence-corrected chi connectivity index (χ1v) is 8.48. The van der Waals surface area contributed by atoms with Crippen LogP contribution in [-0.2, 0) is 22.7 Å². The molecular weight excluding hydrogens is 322 g/mol. The Labute approximate surface area is 145 Å². The normalized spacial score (nSPS) is 23.3. The van der Waals surface area contributed by atoms with Crippen molar-refractivity contribution < 1.29 is 19.2 Å². The lowest BCUT2D eigenvalue weighted by molar-refractivity contribution is -0.136. The van der Waals surface area contributed by atoms with Gasteiger partial charge in [-0.15, -0.1) is 0 Å². The third-order valence-electron chi connectivity index (χ3n) is 5.24. The summed E-state index contributed by atoms with van der Waals surface area (Å²) in [5.41, 5.74) is 2.83. The largest absolute Gasteiger partial charge is 0.295 e. The van der Waals surface area contributed by atoms with Crippen molar-refractivity contribution in [3.05, 3.63) is 34.4 Å². The van der Waals surface area contributed by atoms with Crippen LogP contribution < -0.4 is 5.32 Å². The average Bonchev–Trinajstić information content (AvgIpc) is 3.07. The van der Waals surface area contributed by atoms with E-state index in [0.29, 0.717) is 17.2 Å². The minimum Gasteiger partial charge on any atom is -0.295 e. The van der Waals surface area contributed by atoms with Gasteiger partial charge in [0, 0.05) is 25.6 Å². The van der Waals surface area contributed by atoms with Gasteiger partial charge in [-0.05, 0) is 43.5 Å². The molecule has 4 amide bonds. The molecule has 1 saturated heterocycles. The van der Waals surface area contributed by atoms with Crippen molar-refractivity contribution >= 4 is 23.6 Å². The van der Waals surface area contributed by atoms with Crippen LogP contribution in [0.1, 0.15) is 58.5 Å². The van der Waals surface area contributed by atoms with Crippen LogP contribution in [-0.4, -0.2) is 45.5 Å². The highest BCUT2D eigenvalue weighted by molar-refractivity contribution is 6.23. The summed E-state index contributed by atoms with van der Waals surface area (Å²) in [5, 5.41) is 2.21. The molecular formula is C18H19N3O4. The summed E-state index contributed by atoms with van der Waals surface area (Å²) < 4.78 is 0. The number of fused-ring (bicyclic) bond motifs is 2. The lowest BCUT2D eigenvalue weighted by Crippen LogP contribution is -2.54. The zero-order chi connectivity index (χ0) is 17.9. The van der Waals surface area contributed by atoms with Crippen molar-refractivity contribution in [2.45, 2.75) is 51.9 Å². The predicted molar refractivity (Wildman–Crippen MR) is 87.5 cm³/mol. The zero-order valence-electron chi connectivity index (χ0n) is 14.2. The van der Waals surface area contributed by atoms with E-state index in [1.165, 1.54) is 0 Å². The lowest BCUT2D eigenvalue weighted by atomic mass is 10.0. The minimum atomic E-state index is -0.910. The number of imide groups is 2. The van der Waals surface area contributed by atoms with Gasteiger partial charge in [-0.3, -0.25) is 34.3 Å². The Morgan fingerprint density at radius 1 is 1.00 bits per heavy atom. The van der Waals surface area contributed by atoms with E-state index in [2.05, 4.69) is 24.1 Å². The molecule has 0 radical (unpaired) electrons. The number of nitrogens with zero attached hydrogens (tertiary/aromatic N) is 2. The summed E-state index contributed by atoms with van der Waals surface area (Å²) in [7, 11) is 0. The first kappa shape index (κ1) is 16.0. The molecule has 3 heterocycles. The van der Waals surface area contributed by atoms with Crippen LogP contribution >= 0.6 is 0 Å². The molecule has 7 nitrogen and oxygen atoms in total. The number of hydrogen-bond acceptors (Lipinski definition) is 5. The maximum Gasteiger partial charge on any atom is 0.262 e. The highest BCUT2D eigenvalue weighted by Gasteiger charge is 2.45. The van der Waals surface area contributed by atoms with E-state index in [1.807, 2.05) is 0 Å². The molecule has 1 atom stereocenters. The van der Waals surface area contributed by atoms with Gasteiger partial charge >= 0.3 is 0 Å². The zero-order valence-corrected chi connectivity index (χ0v) is 14.2. The third-order valence-corrected chi connectivity index (χ3v) is 5.24. The third kappa shape index (κ3) is 2.38. The van der Waals surface area contributed by atoms with Crippen LogP contribution in [0, 0.1) is 0 Å². The van der Waals surface area contributed by atoms with Crippen LogP contribution in [0.3, 0.4) is 0 Å². The van der Waals surface area contributed by atoms with Crippen molar-refractivity contribution in [1.82, 2.24) is 15.1 Å². The minimum absolute atomic E-state index is 0.129. The molecule has 1 N–H and O–H groups in total. The molecule has 1 aromatic carbocycles. The summed E-state index contributed by atoms with van der Waals surface area (Å²) in [6.45, 7) is 5.72. The molecule has 1 aromatic rings. The number of benzene rings is 1. The molecule has 1 fully saturated rings. The number of amides is 4. The number of piperidine rings is 1. The molecule has 3 aliphatic rings. The van der Waals surface area contributed by atoms with Gasteiger partial charge in [-0.2, -0.15) is 0 Å². The summed E-state index contributed by atoms with van der Waals surface area (Å²) in [4.78, 5) is 52.2. The topological polar surface area (TPSA) is 86.8 Å². The molecule has 0 saturated carbocycles. The number of carbonyl (C=O) groups is 4. The van der Waals surface area contributed by atoms with E-state index >= 15 is 0 Å². The van der Waals surface area contributed by atoms with E-state index in [0.717, 1.165) is 29.1 Å². The summed E-state index contributed by atoms with van der Waals surface area (Å²) in [5.74, 6) is -1.84. The Balaban J connectivity index is 1.66. The van der Waals surface area contributed by atoms with E-state index in [-0.39, 0.29) is 18.7 Å². The first-order chi connectivity index (χ1) is 11.9. The molecule has 0 bridgehead atoms. The second kappa shape index (κ2) is 5.49. The van der Waals surface area contributed by atoms with Crippen LogP contribution in [0.4, 0.5) is 0 Å². The van der Waals surface area contributed by atoms with Crippen molar-refractivity contribution in [1.29, 1.82) is 0 Å². The lowest BCUT2D eigenvalue weighted by Gasteiger charge is -2.27. The van der Waals surface area contributed by atoms with E-state index in [4.69, 9.17) is 0 Å². The molecule has 0 spiro atoms. The second-order valence-electron chi connectivity index (χ2n) is 7.11. The summed E-state index contributed by atoms with van der Waals surface area (Å²) in [6, 6.07) is 3.05. The Morgan fingerprint density at radius 2 is 1.56 bits per heavy atom. The van der Waals surface area contributed by atoms with Gasteiger partial charge in [-0.1, -0.05) is 0 Å². The number of rotatable bonds is 2. The smallest absolute Gasteiger partial charge is 0.262 e. The van der Waals surface area contributed by atoms with Crippen LogP contribution in [0.15, 0.2) is 12.1 Å². The second-order valence-corrected chi connectivity index (χ2v) is 7.11. The van der Waals surface area contributed by atoms with Crippen molar-refractivity contribution in [2.24, 2.45) is 0 Å². The molecule has 7 heteroatoms. The van der Waals surface area contributed by atoms with Gasteiger partial charge in [0.1, 0.15) is 6.04 Å². The summed E-state index contributed by atoms with van der Waals surface area (Å²) >= 11 is 0. The fraction of sp³-hybridized carbons (Fsp3) is 0.444. The predicted octanol–water partition coefficient (Wildman–Crippen LogP) is 0.812. The van der Waals surface area contributed by atoms with Gasteiger partial charge < -0.3 is 0 Å². The molecule has 0 aliphatic carbocycles.